The van der Waals surface area contributed by atoms with Crippen LogP contribution >= 0.6 is 0 Å². The van der Waals surface area contributed by atoms with Gasteiger partial charge in [-0.1, -0.05) is 0 Å². The van der Waals surface area contributed by atoms with Gasteiger partial charge in [0.1, 0.15) is 5.69 Å². The molecule has 1 aromatic heterocycles. The van der Waals surface area contributed by atoms with Crippen LogP contribution < -0.4 is 15.2 Å². The third-order valence-electron chi connectivity index (χ3n) is 2.38. The Labute approximate surface area is 84.8 Å². The average Bonchev–Trinajstić information content (AvgIpc) is 2.77. The topological polar surface area (TPSA) is 77.3 Å². The fourth-order valence-electron chi connectivity index (χ4n) is 1.65. The van der Waals surface area contributed by atoms with E-state index < -0.39 is 5.91 Å². The monoisotopic (exact) mass is 204 g/mol. The van der Waals surface area contributed by atoms with Crippen LogP contribution in [0.15, 0.2) is 18.2 Å². The highest BCUT2D eigenvalue weighted by Crippen LogP contribution is 2.35. The molecule has 0 aliphatic carbocycles. The molecule has 1 aromatic carbocycles. The molecule has 0 unspecified atom stereocenters. The van der Waals surface area contributed by atoms with E-state index in [4.69, 9.17) is 15.2 Å². The number of amides is 1. The third-order valence-corrected chi connectivity index (χ3v) is 2.38. The van der Waals surface area contributed by atoms with Gasteiger partial charge in [-0.3, -0.25) is 4.79 Å². The Morgan fingerprint density at radius 2 is 2.00 bits per heavy atom. The van der Waals surface area contributed by atoms with Crippen LogP contribution in [0, 0.1) is 0 Å². The second kappa shape index (κ2) is 2.66. The molecule has 0 atom stereocenters. The molecule has 0 radical (unpaired) electrons. The van der Waals surface area contributed by atoms with Crippen LogP contribution in [0.5, 0.6) is 11.5 Å². The molecule has 0 saturated heterocycles. The van der Waals surface area contributed by atoms with E-state index in [2.05, 4.69) is 4.98 Å². The maximum atomic E-state index is 11.0. The van der Waals surface area contributed by atoms with E-state index in [1.807, 2.05) is 6.07 Å². The second-order valence-corrected chi connectivity index (χ2v) is 3.34. The van der Waals surface area contributed by atoms with Gasteiger partial charge < -0.3 is 20.2 Å². The van der Waals surface area contributed by atoms with E-state index >= 15 is 0 Å². The van der Waals surface area contributed by atoms with Crippen LogP contribution in [0.1, 0.15) is 10.5 Å². The predicted molar refractivity (Wildman–Crippen MR) is 52.9 cm³/mol. The van der Waals surface area contributed by atoms with Crippen molar-refractivity contribution in [3.8, 4) is 11.5 Å². The molecule has 2 heterocycles. The summed E-state index contributed by atoms with van der Waals surface area (Å²) < 4.78 is 10.4. The summed E-state index contributed by atoms with van der Waals surface area (Å²) in [7, 11) is 0. The molecule has 5 heteroatoms. The molecular formula is C10H8N2O3. The van der Waals surface area contributed by atoms with Gasteiger partial charge in [0.2, 0.25) is 6.79 Å². The summed E-state index contributed by atoms with van der Waals surface area (Å²) in [4.78, 5) is 13.9. The number of rotatable bonds is 1. The van der Waals surface area contributed by atoms with Crippen LogP contribution in [0.3, 0.4) is 0 Å². The van der Waals surface area contributed by atoms with E-state index in [1.165, 1.54) is 0 Å². The summed E-state index contributed by atoms with van der Waals surface area (Å²) in [5.41, 5.74) is 6.36. The van der Waals surface area contributed by atoms with Gasteiger partial charge in [-0.15, -0.1) is 0 Å². The first kappa shape index (κ1) is 8.16. The molecule has 1 amide bonds. The SMILES string of the molecule is NC(=O)c1cc2cc3c(cc2[nH]1)OCO3. The quantitative estimate of drug-likeness (QED) is 0.727. The summed E-state index contributed by atoms with van der Waals surface area (Å²) in [6.07, 6.45) is 0. The first-order valence-electron chi connectivity index (χ1n) is 4.46. The zero-order valence-electron chi connectivity index (χ0n) is 7.74. The van der Waals surface area contributed by atoms with Crippen molar-refractivity contribution in [3.05, 3.63) is 23.9 Å². The van der Waals surface area contributed by atoms with Crippen LogP contribution in [0.4, 0.5) is 0 Å². The number of nitrogens with one attached hydrogen (secondary N) is 1. The van der Waals surface area contributed by atoms with Crippen molar-refractivity contribution in [1.29, 1.82) is 0 Å². The first-order chi connectivity index (χ1) is 7.24. The molecule has 3 N–H and O–H groups in total. The second-order valence-electron chi connectivity index (χ2n) is 3.34. The molecular weight excluding hydrogens is 196 g/mol. The molecule has 1 aliphatic rings. The van der Waals surface area contributed by atoms with Gasteiger partial charge in [0.25, 0.3) is 5.91 Å². The lowest BCUT2D eigenvalue weighted by atomic mass is 10.2. The van der Waals surface area contributed by atoms with Crippen molar-refractivity contribution in [1.82, 2.24) is 4.98 Å². The van der Waals surface area contributed by atoms with Crippen molar-refractivity contribution < 1.29 is 14.3 Å². The molecule has 5 nitrogen and oxygen atoms in total. The number of fused-ring (bicyclic) bond motifs is 2. The Morgan fingerprint density at radius 1 is 1.27 bits per heavy atom. The van der Waals surface area contributed by atoms with Gasteiger partial charge in [-0.2, -0.15) is 0 Å². The minimum absolute atomic E-state index is 0.241. The number of nitrogens with two attached hydrogens (primary N) is 1. The highest BCUT2D eigenvalue weighted by molar-refractivity contribution is 5.97. The smallest absolute Gasteiger partial charge is 0.265 e. The number of primary amides is 1. The lowest BCUT2D eigenvalue weighted by Crippen LogP contribution is -2.10. The number of carbonyl (C=O) groups excluding carboxylic acids is 1. The third kappa shape index (κ3) is 1.13. The summed E-state index contributed by atoms with van der Waals surface area (Å²) in [5.74, 6) is 0.895. The number of ether oxygens (including phenoxy) is 2. The van der Waals surface area contributed by atoms with Gasteiger partial charge in [0, 0.05) is 17.0 Å². The Bertz CT molecular complexity index is 518. The number of benzene rings is 1. The van der Waals surface area contributed by atoms with Crippen molar-refractivity contribution in [2.75, 3.05) is 6.79 Å². The highest BCUT2D eigenvalue weighted by Gasteiger charge is 2.16. The summed E-state index contributed by atoms with van der Waals surface area (Å²) in [6, 6.07) is 5.31. The van der Waals surface area contributed by atoms with Crippen LogP contribution in [0.25, 0.3) is 10.9 Å². The summed E-state index contributed by atoms with van der Waals surface area (Å²) in [5, 5.41) is 0.882. The average molecular weight is 204 g/mol. The summed E-state index contributed by atoms with van der Waals surface area (Å²) in [6.45, 7) is 0.241. The van der Waals surface area contributed by atoms with E-state index in [-0.39, 0.29) is 6.79 Å². The van der Waals surface area contributed by atoms with Crippen LogP contribution in [0.2, 0.25) is 0 Å². The molecule has 0 saturated carbocycles. The largest absolute Gasteiger partial charge is 0.454 e. The van der Waals surface area contributed by atoms with Crippen molar-refractivity contribution in [2.45, 2.75) is 0 Å². The molecule has 1 aliphatic heterocycles. The molecule has 15 heavy (non-hydrogen) atoms. The lowest BCUT2D eigenvalue weighted by Gasteiger charge is -1.94. The first-order valence-corrected chi connectivity index (χ1v) is 4.46. The minimum Gasteiger partial charge on any atom is -0.454 e. The van der Waals surface area contributed by atoms with Crippen LogP contribution in [-0.2, 0) is 0 Å². The Kier molecular flexibility index (Phi) is 1.45. The molecule has 3 rings (SSSR count). The highest BCUT2D eigenvalue weighted by atomic mass is 16.7. The van der Waals surface area contributed by atoms with E-state index in [1.54, 1.807) is 12.1 Å². The molecule has 0 fully saturated rings. The number of aromatic nitrogens is 1. The summed E-state index contributed by atoms with van der Waals surface area (Å²) >= 11 is 0. The molecule has 2 aromatic rings. The predicted octanol–water partition coefficient (Wildman–Crippen LogP) is 0.995. The Balaban J connectivity index is 2.24. The fraction of sp³-hybridized carbons (Fsp3) is 0.100. The standard InChI is InChI=1S/C10H8N2O3/c11-10(13)7-1-5-2-8-9(15-4-14-8)3-6(5)12-7/h1-3,12H,4H2,(H2,11,13). The Hall–Kier alpha value is -2.17. The number of hydrogen-bond donors (Lipinski definition) is 2. The van der Waals surface area contributed by atoms with Crippen molar-refractivity contribution >= 4 is 16.8 Å². The van der Waals surface area contributed by atoms with E-state index in [0.717, 1.165) is 10.9 Å². The van der Waals surface area contributed by atoms with Gasteiger partial charge in [0.15, 0.2) is 11.5 Å². The van der Waals surface area contributed by atoms with Gasteiger partial charge in [-0.25, -0.2) is 0 Å². The van der Waals surface area contributed by atoms with Gasteiger partial charge in [-0.05, 0) is 12.1 Å². The number of aromatic amines is 1. The molecule has 76 valence electrons. The molecule has 0 bridgehead atoms. The normalized spacial score (nSPS) is 13.3. The van der Waals surface area contributed by atoms with E-state index in [9.17, 15) is 4.79 Å². The maximum Gasteiger partial charge on any atom is 0.265 e. The van der Waals surface area contributed by atoms with Crippen LogP contribution in [-0.4, -0.2) is 17.7 Å². The fourth-order valence-corrected chi connectivity index (χ4v) is 1.65. The zero-order chi connectivity index (χ0) is 10.4. The number of H-pyrrole nitrogens is 1. The van der Waals surface area contributed by atoms with Crippen molar-refractivity contribution in [2.24, 2.45) is 5.73 Å². The maximum absolute atomic E-state index is 11.0. The van der Waals surface area contributed by atoms with Gasteiger partial charge in [0.05, 0.1) is 0 Å². The zero-order valence-corrected chi connectivity index (χ0v) is 7.74. The van der Waals surface area contributed by atoms with Crippen molar-refractivity contribution in [3.63, 3.8) is 0 Å². The number of carbonyl (C=O) groups is 1. The van der Waals surface area contributed by atoms with Gasteiger partial charge >= 0.3 is 0 Å². The lowest BCUT2D eigenvalue weighted by molar-refractivity contribution is 0.0996. The Morgan fingerprint density at radius 3 is 2.73 bits per heavy atom. The number of hydrogen-bond acceptors (Lipinski definition) is 3. The molecule has 0 spiro atoms. The van der Waals surface area contributed by atoms with E-state index in [0.29, 0.717) is 17.2 Å². The minimum atomic E-state index is -0.479.